The number of ether oxygens (including phenoxy) is 1. The summed E-state index contributed by atoms with van der Waals surface area (Å²) in [5.74, 6) is -2.43. The molecule has 1 aliphatic heterocycles. The molecule has 1 fully saturated rings. The van der Waals surface area contributed by atoms with Crippen LogP contribution in [0.3, 0.4) is 0 Å². The van der Waals surface area contributed by atoms with Gasteiger partial charge < -0.3 is 14.5 Å². The molecule has 0 spiro atoms. The van der Waals surface area contributed by atoms with E-state index in [0.717, 1.165) is 25.3 Å². The van der Waals surface area contributed by atoms with Gasteiger partial charge in [-0.25, -0.2) is 13.2 Å². The third-order valence-electron chi connectivity index (χ3n) is 4.46. The summed E-state index contributed by atoms with van der Waals surface area (Å²) >= 11 is 0. The number of sulfonamides is 1. The SMILES string of the molecule is COC(=O)c1ccc(C(F)(F)F)cc1NC(=O)c1ccc(S(=O)(=O)N2CCCC2)o1. The molecule has 1 aliphatic rings. The number of amides is 1. The molecule has 0 radical (unpaired) electrons. The van der Waals surface area contributed by atoms with E-state index < -0.39 is 50.2 Å². The standard InChI is InChI=1S/C18H17F3N2O6S/c1-28-17(25)12-5-4-11(18(19,20)21)10-13(12)22-16(24)14-6-7-15(29-14)30(26,27)23-8-2-3-9-23/h4-7,10H,2-3,8-9H2,1H3,(H,22,24). The zero-order chi connectivity index (χ0) is 22.1. The number of hydrogen-bond acceptors (Lipinski definition) is 6. The summed E-state index contributed by atoms with van der Waals surface area (Å²) in [6.07, 6.45) is -3.30. The van der Waals surface area contributed by atoms with Gasteiger partial charge in [0.15, 0.2) is 5.76 Å². The van der Waals surface area contributed by atoms with E-state index in [0.29, 0.717) is 38.1 Å². The van der Waals surface area contributed by atoms with Gasteiger partial charge in [-0.1, -0.05) is 0 Å². The Hall–Kier alpha value is -2.86. The van der Waals surface area contributed by atoms with Gasteiger partial charge in [0.1, 0.15) is 0 Å². The van der Waals surface area contributed by atoms with Crippen LogP contribution < -0.4 is 5.32 Å². The van der Waals surface area contributed by atoms with Gasteiger partial charge in [0.25, 0.3) is 15.9 Å². The zero-order valence-corrected chi connectivity index (χ0v) is 16.5. The van der Waals surface area contributed by atoms with Gasteiger partial charge in [-0.15, -0.1) is 0 Å². The number of esters is 1. The fraction of sp³-hybridized carbons (Fsp3) is 0.333. The first-order valence-corrected chi connectivity index (χ1v) is 10.2. The number of nitrogens with zero attached hydrogens (tertiary/aromatic N) is 1. The van der Waals surface area contributed by atoms with Gasteiger partial charge in [-0.05, 0) is 43.2 Å². The lowest BCUT2D eigenvalue weighted by Gasteiger charge is -2.13. The van der Waals surface area contributed by atoms with E-state index in [1.807, 2.05) is 0 Å². The quantitative estimate of drug-likeness (QED) is 0.708. The van der Waals surface area contributed by atoms with Gasteiger partial charge in [0.2, 0.25) is 5.09 Å². The topological polar surface area (TPSA) is 106 Å². The molecule has 2 heterocycles. The number of rotatable bonds is 5. The van der Waals surface area contributed by atoms with Crippen LogP contribution in [0.1, 0.15) is 39.3 Å². The highest BCUT2D eigenvalue weighted by Crippen LogP contribution is 2.33. The van der Waals surface area contributed by atoms with Crippen molar-refractivity contribution in [2.45, 2.75) is 24.1 Å². The van der Waals surface area contributed by atoms with Crippen LogP contribution in [0.15, 0.2) is 39.8 Å². The van der Waals surface area contributed by atoms with Crippen molar-refractivity contribution in [2.24, 2.45) is 0 Å². The van der Waals surface area contributed by atoms with Crippen molar-refractivity contribution in [3.05, 3.63) is 47.2 Å². The van der Waals surface area contributed by atoms with E-state index >= 15 is 0 Å². The lowest BCUT2D eigenvalue weighted by molar-refractivity contribution is -0.137. The molecule has 12 heteroatoms. The van der Waals surface area contributed by atoms with Crippen LogP contribution in [0.2, 0.25) is 0 Å². The predicted molar refractivity (Wildman–Crippen MR) is 97.4 cm³/mol. The highest BCUT2D eigenvalue weighted by Gasteiger charge is 2.33. The number of halogens is 3. The molecule has 1 N–H and O–H groups in total. The Balaban J connectivity index is 1.89. The molecular formula is C18H17F3N2O6S. The summed E-state index contributed by atoms with van der Waals surface area (Å²) in [4.78, 5) is 24.3. The number of carbonyl (C=O) groups is 2. The number of alkyl halides is 3. The van der Waals surface area contributed by atoms with Crippen LogP contribution in [0, 0.1) is 0 Å². The van der Waals surface area contributed by atoms with Crippen LogP contribution in [0.5, 0.6) is 0 Å². The second-order valence-electron chi connectivity index (χ2n) is 6.43. The maximum absolute atomic E-state index is 13.0. The molecule has 30 heavy (non-hydrogen) atoms. The minimum Gasteiger partial charge on any atom is -0.465 e. The maximum atomic E-state index is 13.0. The first-order valence-electron chi connectivity index (χ1n) is 8.75. The Morgan fingerprint density at radius 1 is 1.13 bits per heavy atom. The van der Waals surface area contributed by atoms with E-state index in [2.05, 4.69) is 10.1 Å². The average molecular weight is 446 g/mol. The van der Waals surface area contributed by atoms with Crippen molar-refractivity contribution >= 4 is 27.6 Å². The highest BCUT2D eigenvalue weighted by atomic mass is 32.2. The van der Waals surface area contributed by atoms with E-state index in [9.17, 15) is 31.2 Å². The molecule has 0 unspecified atom stereocenters. The lowest BCUT2D eigenvalue weighted by atomic mass is 10.1. The number of benzene rings is 1. The summed E-state index contributed by atoms with van der Waals surface area (Å²) in [5.41, 5.74) is -1.86. The van der Waals surface area contributed by atoms with Gasteiger partial charge in [0, 0.05) is 13.1 Å². The summed E-state index contributed by atoms with van der Waals surface area (Å²) in [5, 5.41) is 1.69. The van der Waals surface area contributed by atoms with Crippen LogP contribution >= 0.6 is 0 Å². The van der Waals surface area contributed by atoms with Crippen molar-refractivity contribution in [3.8, 4) is 0 Å². The number of anilines is 1. The second-order valence-corrected chi connectivity index (χ2v) is 8.30. The Morgan fingerprint density at radius 2 is 1.80 bits per heavy atom. The number of nitrogens with one attached hydrogen (secondary N) is 1. The van der Waals surface area contributed by atoms with Gasteiger partial charge in [-0.2, -0.15) is 17.5 Å². The maximum Gasteiger partial charge on any atom is 0.416 e. The minimum atomic E-state index is -4.71. The number of hydrogen-bond donors (Lipinski definition) is 1. The minimum absolute atomic E-state index is 0.310. The van der Waals surface area contributed by atoms with Gasteiger partial charge in [0.05, 0.1) is 23.9 Å². The fourth-order valence-corrected chi connectivity index (χ4v) is 4.36. The van der Waals surface area contributed by atoms with E-state index in [1.54, 1.807) is 0 Å². The highest BCUT2D eigenvalue weighted by molar-refractivity contribution is 7.89. The normalized spacial score (nSPS) is 15.2. The molecule has 2 aromatic rings. The monoisotopic (exact) mass is 446 g/mol. The number of methoxy groups -OCH3 is 1. The van der Waals surface area contributed by atoms with Crippen molar-refractivity contribution < 1.29 is 40.3 Å². The lowest BCUT2D eigenvalue weighted by Crippen LogP contribution is -2.27. The Kier molecular flexibility index (Phi) is 5.90. The molecule has 0 aliphatic carbocycles. The van der Waals surface area contributed by atoms with Crippen LogP contribution in [0.25, 0.3) is 0 Å². The van der Waals surface area contributed by atoms with Crippen LogP contribution in [0.4, 0.5) is 18.9 Å². The summed E-state index contributed by atoms with van der Waals surface area (Å²) in [6, 6.07) is 4.31. The third-order valence-corrected chi connectivity index (χ3v) is 6.24. The predicted octanol–water partition coefficient (Wildman–Crippen LogP) is 3.12. The van der Waals surface area contributed by atoms with E-state index in [1.165, 1.54) is 4.31 Å². The first-order chi connectivity index (χ1) is 14.0. The molecule has 0 saturated carbocycles. The van der Waals surface area contributed by atoms with Crippen LogP contribution in [-0.4, -0.2) is 44.8 Å². The summed E-state index contributed by atoms with van der Waals surface area (Å²) in [7, 11) is -2.88. The van der Waals surface area contributed by atoms with Crippen molar-refractivity contribution in [1.82, 2.24) is 4.31 Å². The molecule has 1 aromatic heterocycles. The van der Waals surface area contributed by atoms with Crippen molar-refractivity contribution in [1.29, 1.82) is 0 Å². The van der Waals surface area contributed by atoms with Gasteiger partial charge in [-0.3, -0.25) is 4.79 Å². The molecule has 8 nitrogen and oxygen atoms in total. The second kappa shape index (κ2) is 8.11. The molecule has 1 amide bonds. The van der Waals surface area contributed by atoms with Gasteiger partial charge >= 0.3 is 12.1 Å². The summed E-state index contributed by atoms with van der Waals surface area (Å²) < 4.78 is 74.9. The molecule has 0 bridgehead atoms. The largest absolute Gasteiger partial charge is 0.465 e. The summed E-state index contributed by atoms with van der Waals surface area (Å²) in [6.45, 7) is 0.661. The smallest absolute Gasteiger partial charge is 0.416 e. The molecule has 3 rings (SSSR count). The average Bonchev–Trinajstić information content (AvgIpc) is 3.39. The number of carbonyl (C=O) groups excluding carboxylic acids is 2. The van der Waals surface area contributed by atoms with Crippen molar-refractivity contribution in [3.63, 3.8) is 0 Å². The Bertz CT molecular complexity index is 1070. The van der Waals surface area contributed by atoms with Crippen LogP contribution in [-0.2, 0) is 20.9 Å². The Labute approximate surface area is 169 Å². The first kappa shape index (κ1) is 21.8. The zero-order valence-electron chi connectivity index (χ0n) is 15.7. The van der Waals surface area contributed by atoms with E-state index in [4.69, 9.17) is 4.42 Å². The molecule has 1 saturated heterocycles. The molecule has 162 valence electrons. The Morgan fingerprint density at radius 3 is 2.40 bits per heavy atom. The molecular weight excluding hydrogens is 429 g/mol. The fourth-order valence-electron chi connectivity index (χ4n) is 2.93. The number of furan rings is 1. The van der Waals surface area contributed by atoms with Crippen molar-refractivity contribution in [2.75, 3.05) is 25.5 Å². The third kappa shape index (κ3) is 4.33. The molecule has 1 aromatic carbocycles. The van der Waals surface area contributed by atoms with E-state index in [-0.39, 0.29) is 5.56 Å². The molecule has 0 atom stereocenters.